The zero-order chi connectivity index (χ0) is 13.7. The first kappa shape index (κ1) is 15.3. The van der Waals surface area contributed by atoms with Crippen LogP contribution in [-0.2, 0) is 0 Å². The van der Waals surface area contributed by atoms with Crippen molar-refractivity contribution in [3.8, 4) is 0 Å². The van der Waals surface area contributed by atoms with Crippen molar-refractivity contribution >= 4 is 0 Å². The molecule has 1 unspecified atom stereocenters. The normalized spacial score (nSPS) is 26.5. The summed E-state index contributed by atoms with van der Waals surface area (Å²) in [7, 11) is 0. The van der Waals surface area contributed by atoms with Crippen molar-refractivity contribution in [3.05, 3.63) is 0 Å². The number of nitrogens with two attached hydrogens (primary N) is 1. The van der Waals surface area contributed by atoms with Gasteiger partial charge in [0.1, 0.15) is 0 Å². The average Bonchev–Trinajstić information content (AvgIpc) is 2.76. The zero-order valence-electron chi connectivity index (χ0n) is 13.2. The highest BCUT2D eigenvalue weighted by atomic mass is 15.2. The zero-order valence-corrected chi connectivity index (χ0v) is 13.2. The Morgan fingerprint density at radius 3 is 1.95 bits per heavy atom. The van der Waals surface area contributed by atoms with Gasteiger partial charge in [-0.15, -0.1) is 0 Å². The van der Waals surface area contributed by atoms with Crippen LogP contribution in [0.2, 0.25) is 0 Å². The summed E-state index contributed by atoms with van der Waals surface area (Å²) in [5.74, 6) is 0.779. The van der Waals surface area contributed by atoms with Crippen molar-refractivity contribution in [1.29, 1.82) is 0 Å². The van der Waals surface area contributed by atoms with Gasteiger partial charge < -0.3 is 5.73 Å². The van der Waals surface area contributed by atoms with Gasteiger partial charge in [-0.25, -0.2) is 0 Å². The van der Waals surface area contributed by atoms with E-state index in [1.165, 1.54) is 64.2 Å². The van der Waals surface area contributed by atoms with Crippen LogP contribution in [-0.4, -0.2) is 29.6 Å². The van der Waals surface area contributed by atoms with Crippen molar-refractivity contribution in [2.45, 2.75) is 89.6 Å². The van der Waals surface area contributed by atoms with E-state index in [0.717, 1.165) is 19.0 Å². The summed E-state index contributed by atoms with van der Waals surface area (Å²) >= 11 is 0. The molecule has 0 aromatic rings. The highest BCUT2D eigenvalue weighted by molar-refractivity contribution is 5.04. The summed E-state index contributed by atoms with van der Waals surface area (Å²) in [6.45, 7) is 6.95. The maximum atomic E-state index is 6.87. The van der Waals surface area contributed by atoms with Crippen LogP contribution in [0.25, 0.3) is 0 Å². The summed E-state index contributed by atoms with van der Waals surface area (Å²) in [6.07, 6.45) is 13.9. The van der Waals surface area contributed by atoms with Crippen LogP contribution in [0.4, 0.5) is 0 Å². The second-order valence-corrected chi connectivity index (χ2v) is 6.76. The Labute approximate surface area is 120 Å². The monoisotopic (exact) mass is 266 g/mol. The molecule has 2 rings (SSSR count). The number of rotatable bonds is 5. The van der Waals surface area contributed by atoms with Gasteiger partial charge in [0.25, 0.3) is 0 Å². The SMILES string of the molecule is CCN(CC)C1(C(N)C2CCCCCC2)CCCC1. The molecule has 112 valence electrons. The lowest BCUT2D eigenvalue weighted by Crippen LogP contribution is -2.61. The van der Waals surface area contributed by atoms with E-state index in [-0.39, 0.29) is 0 Å². The van der Waals surface area contributed by atoms with Crippen molar-refractivity contribution in [3.63, 3.8) is 0 Å². The summed E-state index contributed by atoms with van der Waals surface area (Å²) in [5.41, 5.74) is 7.20. The van der Waals surface area contributed by atoms with Crippen LogP contribution < -0.4 is 5.73 Å². The molecule has 0 saturated heterocycles. The molecule has 2 aliphatic carbocycles. The Hall–Kier alpha value is -0.0800. The first-order valence-corrected chi connectivity index (χ1v) is 8.75. The lowest BCUT2D eigenvalue weighted by molar-refractivity contribution is 0.0518. The molecule has 2 aliphatic rings. The highest BCUT2D eigenvalue weighted by Gasteiger charge is 2.45. The summed E-state index contributed by atoms with van der Waals surface area (Å²) in [5, 5.41) is 0. The lowest BCUT2D eigenvalue weighted by Gasteiger charge is -2.47. The third-order valence-electron chi connectivity index (χ3n) is 5.89. The Morgan fingerprint density at radius 2 is 1.47 bits per heavy atom. The Kier molecular flexibility index (Phi) is 5.70. The molecule has 19 heavy (non-hydrogen) atoms. The van der Waals surface area contributed by atoms with Gasteiger partial charge in [0.05, 0.1) is 0 Å². The van der Waals surface area contributed by atoms with Crippen molar-refractivity contribution < 1.29 is 0 Å². The maximum absolute atomic E-state index is 6.87. The minimum Gasteiger partial charge on any atom is -0.326 e. The molecule has 0 aromatic carbocycles. The molecule has 0 bridgehead atoms. The fourth-order valence-corrected chi connectivity index (χ4v) is 4.81. The summed E-state index contributed by atoms with van der Waals surface area (Å²) < 4.78 is 0. The predicted molar refractivity (Wildman–Crippen MR) is 83.3 cm³/mol. The van der Waals surface area contributed by atoms with Crippen molar-refractivity contribution in [2.75, 3.05) is 13.1 Å². The Bertz CT molecular complexity index is 246. The number of likely N-dealkylation sites (N-methyl/N-ethyl adjacent to an activating group) is 1. The first-order valence-electron chi connectivity index (χ1n) is 8.75. The third-order valence-corrected chi connectivity index (χ3v) is 5.89. The van der Waals surface area contributed by atoms with E-state index in [1.807, 2.05) is 0 Å². The van der Waals surface area contributed by atoms with Crippen LogP contribution in [0.5, 0.6) is 0 Å². The fraction of sp³-hybridized carbons (Fsp3) is 1.00. The average molecular weight is 266 g/mol. The number of nitrogens with zero attached hydrogens (tertiary/aromatic N) is 1. The van der Waals surface area contributed by atoms with Gasteiger partial charge in [0.15, 0.2) is 0 Å². The molecule has 0 heterocycles. The van der Waals surface area contributed by atoms with Gasteiger partial charge in [0.2, 0.25) is 0 Å². The van der Waals surface area contributed by atoms with E-state index in [2.05, 4.69) is 18.7 Å². The quantitative estimate of drug-likeness (QED) is 0.764. The topological polar surface area (TPSA) is 29.3 Å². The van der Waals surface area contributed by atoms with Crippen LogP contribution in [0.15, 0.2) is 0 Å². The van der Waals surface area contributed by atoms with E-state index in [1.54, 1.807) is 0 Å². The fourth-order valence-electron chi connectivity index (χ4n) is 4.81. The van der Waals surface area contributed by atoms with Crippen LogP contribution >= 0.6 is 0 Å². The smallest absolute Gasteiger partial charge is 0.0362 e. The first-order chi connectivity index (χ1) is 9.24. The largest absolute Gasteiger partial charge is 0.326 e. The molecule has 2 nitrogen and oxygen atoms in total. The molecular formula is C17H34N2. The third kappa shape index (κ3) is 3.16. The summed E-state index contributed by atoms with van der Waals surface area (Å²) in [4.78, 5) is 2.69. The van der Waals surface area contributed by atoms with E-state index in [0.29, 0.717) is 11.6 Å². The molecule has 0 amide bonds. The molecule has 0 spiro atoms. The molecule has 2 saturated carbocycles. The minimum atomic E-state index is 0.332. The van der Waals surface area contributed by atoms with Crippen LogP contribution in [0.1, 0.15) is 78.1 Å². The second kappa shape index (κ2) is 7.08. The molecule has 2 heteroatoms. The van der Waals surface area contributed by atoms with Gasteiger partial charge in [-0.2, -0.15) is 0 Å². The lowest BCUT2D eigenvalue weighted by atomic mass is 9.76. The van der Waals surface area contributed by atoms with Crippen molar-refractivity contribution in [2.24, 2.45) is 11.7 Å². The minimum absolute atomic E-state index is 0.332. The Balaban J connectivity index is 2.12. The van der Waals surface area contributed by atoms with E-state index in [4.69, 9.17) is 5.73 Å². The van der Waals surface area contributed by atoms with Gasteiger partial charge in [-0.3, -0.25) is 4.90 Å². The molecular weight excluding hydrogens is 232 g/mol. The van der Waals surface area contributed by atoms with Gasteiger partial charge >= 0.3 is 0 Å². The molecule has 0 radical (unpaired) electrons. The van der Waals surface area contributed by atoms with Gasteiger partial charge in [-0.1, -0.05) is 52.4 Å². The molecule has 2 N–H and O–H groups in total. The van der Waals surface area contributed by atoms with Crippen LogP contribution in [0.3, 0.4) is 0 Å². The highest BCUT2D eigenvalue weighted by Crippen LogP contribution is 2.42. The van der Waals surface area contributed by atoms with Gasteiger partial charge in [-0.05, 0) is 44.7 Å². The van der Waals surface area contributed by atoms with Crippen molar-refractivity contribution in [1.82, 2.24) is 4.90 Å². The standard InChI is InChI=1S/C17H34N2/c1-3-19(4-2)17(13-9-10-14-17)16(18)15-11-7-5-6-8-12-15/h15-16H,3-14,18H2,1-2H3. The van der Waals surface area contributed by atoms with E-state index < -0.39 is 0 Å². The second-order valence-electron chi connectivity index (χ2n) is 6.76. The maximum Gasteiger partial charge on any atom is 0.0362 e. The molecule has 1 atom stereocenters. The van der Waals surface area contributed by atoms with Gasteiger partial charge in [0, 0.05) is 11.6 Å². The molecule has 0 aromatic heterocycles. The predicted octanol–water partition coefficient (Wildman–Crippen LogP) is 3.94. The number of hydrogen-bond donors (Lipinski definition) is 1. The van der Waals surface area contributed by atoms with E-state index in [9.17, 15) is 0 Å². The molecule has 0 aliphatic heterocycles. The summed E-state index contributed by atoms with van der Waals surface area (Å²) in [6, 6.07) is 0.410. The Morgan fingerprint density at radius 1 is 0.947 bits per heavy atom. The molecule has 2 fully saturated rings. The number of hydrogen-bond acceptors (Lipinski definition) is 2. The van der Waals surface area contributed by atoms with Crippen LogP contribution in [0, 0.1) is 5.92 Å². The van der Waals surface area contributed by atoms with E-state index >= 15 is 0 Å².